The molecule has 0 unspecified atom stereocenters. The third kappa shape index (κ3) is 2.90. The Bertz CT molecular complexity index is 569. The van der Waals surface area contributed by atoms with Gasteiger partial charge in [0, 0.05) is 5.56 Å². The third-order valence-corrected chi connectivity index (χ3v) is 3.20. The highest BCUT2D eigenvalue weighted by Gasteiger charge is 2.12. The Morgan fingerprint density at radius 2 is 1.79 bits per heavy atom. The third-order valence-electron chi connectivity index (χ3n) is 2.49. The highest BCUT2D eigenvalue weighted by atomic mass is 32.1. The van der Waals surface area contributed by atoms with Crippen LogP contribution in [0, 0.1) is 0 Å². The maximum Gasteiger partial charge on any atom is 0.182 e. The van der Waals surface area contributed by atoms with Crippen molar-refractivity contribution < 1.29 is 9.47 Å². The Morgan fingerprint density at radius 3 is 2.37 bits per heavy atom. The van der Waals surface area contributed by atoms with Gasteiger partial charge < -0.3 is 20.9 Å². The number of hydrogen-bond acceptors (Lipinski definition) is 6. The molecule has 0 amide bonds. The van der Waals surface area contributed by atoms with Crippen molar-refractivity contribution in [1.82, 2.24) is 4.98 Å². The summed E-state index contributed by atoms with van der Waals surface area (Å²) in [5.41, 5.74) is 13.1. The minimum Gasteiger partial charge on any atom is -0.490 e. The summed E-state index contributed by atoms with van der Waals surface area (Å²) in [5, 5.41) is 1.06. The summed E-state index contributed by atoms with van der Waals surface area (Å²) in [5.74, 6) is 1.41. The topological polar surface area (TPSA) is 83.4 Å². The van der Waals surface area contributed by atoms with Gasteiger partial charge in [0.2, 0.25) is 0 Å². The van der Waals surface area contributed by atoms with Gasteiger partial charge in [-0.3, -0.25) is 0 Å². The molecule has 4 N–H and O–H groups in total. The first-order valence-electron chi connectivity index (χ1n) is 6.07. The molecule has 5 nitrogen and oxygen atoms in total. The van der Waals surface area contributed by atoms with Gasteiger partial charge >= 0.3 is 0 Å². The Labute approximate surface area is 116 Å². The predicted molar refractivity (Wildman–Crippen MR) is 78.7 cm³/mol. The molecule has 0 aliphatic rings. The highest BCUT2D eigenvalue weighted by molar-refractivity contribution is 7.19. The molecule has 0 spiro atoms. The lowest BCUT2D eigenvalue weighted by molar-refractivity contribution is 0.288. The molecule has 102 valence electrons. The molecule has 0 fully saturated rings. The van der Waals surface area contributed by atoms with E-state index in [2.05, 4.69) is 4.98 Å². The lowest BCUT2D eigenvalue weighted by Gasteiger charge is -2.11. The minimum atomic E-state index is 0.458. The first kappa shape index (κ1) is 13.5. The smallest absolute Gasteiger partial charge is 0.182 e. The second kappa shape index (κ2) is 5.79. The minimum absolute atomic E-state index is 0.458. The average Bonchev–Trinajstić information content (AvgIpc) is 2.71. The SMILES string of the molecule is CCOc1ccc(-c2nc(N)sc2N)cc1OCC. The average molecular weight is 279 g/mol. The lowest BCUT2D eigenvalue weighted by Crippen LogP contribution is -1.99. The normalized spacial score (nSPS) is 10.4. The molecule has 6 heteroatoms. The van der Waals surface area contributed by atoms with E-state index in [4.69, 9.17) is 20.9 Å². The van der Waals surface area contributed by atoms with E-state index in [1.165, 1.54) is 11.3 Å². The molecule has 1 heterocycles. The highest BCUT2D eigenvalue weighted by Crippen LogP contribution is 2.37. The van der Waals surface area contributed by atoms with Gasteiger partial charge in [0.25, 0.3) is 0 Å². The van der Waals surface area contributed by atoms with E-state index >= 15 is 0 Å². The summed E-state index contributed by atoms with van der Waals surface area (Å²) in [7, 11) is 0. The molecule has 0 saturated heterocycles. The van der Waals surface area contributed by atoms with Crippen LogP contribution in [0.5, 0.6) is 11.5 Å². The summed E-state index contributed by atoms with van der Waals surface area (Å²) in [6.07, 6.45) is 0. The van der Waals surface area contributed by atoms with E-state index in [0.29, 0.717) is 34.8 Å². The molecule has 0 radical (unpaired) electrons. The maximum atomic E-state index is 5.90. The van der Waals surface area contributed by atoms with Crippen molar-refractivity contribution in [2.75, 3.05) is 24.7 Å². The molecular weight excluding hydrogens is 262 g/mol. The second-order valence-corrected chi connectivity index (χ2v) is 4.85. The number of nitrogens with two attached hydrogens (primary N) is 2. The fourth-order valence-corrected chi connectivity index (χ4v) is 2.38. The molecule has 1 aromatic heterocycles. The second-order valence-electron chi connectivity index (χ2n) is 3.79. The van der Waals surface area contributed by atoms with Crippen LogP contribution < -0.4 is 20.9 Å². The van der Waals surface area contributed by atoms with Gasteiger partial charge in [0.05, 0.1) is 13.2 Å². The van der Waals surface area contributed by atoms with Gasteiger partial charge in [-0.2, -0.15) is 0 Å². The number of rotatable bonds is 5. The van der Waals surface area contributed by atoms with E-state index < -0.39 is 0 Å². The summed E-state index contributed by atoms with van der Waals surface area (Å²) in [4.78, 5) is 4.23. The number of aromatic nitrogens is 1. The van der Waals surface area contributed by atoms with E-state index in [9.17, 15) is 0 Å². The van der Waals surface area contributed by atoms with Crippen LogP contribution in [-0.2, 0) is 0 Å². The van der Waals surface area contributed by atoms with Crippen molar-refractivity contribution in [2.45, 2.75) is 13.8 Å². The van der Waals surface area contributed by atoms with Crippen LogP contribution in [0.15, 0.2) is 18.2 Å². The molecule has 0 bridgehead atoms. The molecule has 1 aromatic carbocycles. The number of nitrogens with zero attached hydrogens (tertiary/aromatic N) is 1. The van der Waals surface area contributed by atoms with Crippen LogP contribution >= 0.6 is 11.3 Å². The Morgan fingerprint density at radius 1 is 1.11 bits per heavy atom. The number of anilines is 2. The van der Waals surface area contributed by atoms with Crippen LogP contribution in [-0.4, -0.2) is 18.2 Å². The van der Waals surface area contributed by atoms with Gasteiger partial charge in [-0.15, -0.1) is 0 Å². The number of thiazole rings is 1. The van der Waals surface area contributed by atoms with Gasteiger partial charge in [-0.25, -0.2) is 4.98 Å². The van der Waals surface area contributed by atoms with Crippen molar-refractivity contribution >= 4 is 21.5 Å². The van der Waals surface area contributed by atoms with Gasteiger partial charge in [-0.05, 0) is 32.0 Å². The first-order chi connectivity index (χ1) is 9.15. The fraction of sp³-hybridized carbons (Fsp3) is 0.308. The zero-order chi connectivity index (χ0) is 13.8. The molecule has 19 heavy (non-hydrogen) atoms. The quantitative estimate of drug-likeness (QED) is 0.879. The number of nitrogen functional groups attached to an aromatic ring is 2. The molecule has 0 aliphatic heterocycles. The van der Waals surface area contributed by atoms with Gasteiger partial charge in [-0.1, -0.05) is 11.3 Å². The molecule has 0 saturated carbocycles. The van der Waals surface area contributed by atoms with E-state index in [0.717, 1.165) is 11.3 Å². The standard InChI is InChI=1S/C13H17N3O2S/c1-3-17-9-6-5-8(7-10(9)18-4-2)11-12(14)19-13(15)16-11/h5-7H,3-4,14H2,1-2H3,(H2,15,16). The Balaban J connectivity index is 2.42. The van der Waals surface area contributed by atoms with Crippen LogP contribution in [0.4, 0.5) is 10.1 Å². The van der Waals surface area contributed by atoms with Crippen LogP contribution in [0.2, 0.25) is 0 Å². The van der Waals surface area contributed by atoms with Gasteiger partial charge in [0.1, 0.15) is 10.7 Å². The van der Waals surface area contributed by atoms with Gasteiger partial charge in [0.15, 0.2) is 16.6 Å². The molecule has 0 atom stereocenters. The van der Waals surface area contributed by atoms with Crippen LogP contribution in [0.25, 0.3) is 11.3 Å². The Hall–Kier alpha value is -1.95. The number of ether oxygens (including phenoxy) is 2. The zero-order valence-corrected chi connectivity index (χ0v) is 11.8. The lowest BCUT2D eigenvalue weighted by atomic mass is 10.1. The van der Waals surface area contributed by atoms with E-state index in [1.807, 2.05) is 32.0 Å². The maximum absolute atomic E-state index is 5.90. The summed E-state index contributed by atoms with van der Waals surface area (Å²) >= 11 is 1.27. The van der Waals surface area contributed by atoms with Crippen molar-refractivity contribution in [1.29, 1.82) is 0 Å². The Kier molecular flexibility index (Phi) is 4.11. The number of benzene rings is 1. The van der Waals surface area contributed by atoms with Crippen molar-refractivity contribution in [3.05, 3.63) is 18.2 Å². The van der Waals surface area contributed by atoms with E-state index in [-0.39, 0.29) is 0 Å². The van der Waals surface area contributed by atoms with Crippen LogP contribution in [0.3, 0.4) is 0 Å². The fourth-order valence-electron chi connectivity index (χ4n) is 1.75. The predicted octanol–water partition coefficient (Wildman–Crippen LogP) is 2.77. The summed E-state index contributed by atoms with van der Waals surface area (Å²) < 4.78 is 11.1. The molecule has 0 aliphatic carbocycles. The van der Waals surface area contributed by atoms with E-state index in [1.54, 1.807) is 0 Å². The first-order valence-corrected chi connectivity index (χ1v) is 6.89. The van der Waals surface area contributed by atoms with Crippen LogP contribution in [0.1, 0.15) is 13.8 Å². The summed E-state index contributed by atoms with van der Waals surface area (Å²) in [6.45, 7) is 5.02. The monoisotopic (exact) mass is 279 g/mol. The largest absolute Gasteiger partial charge is 0.490 e. The number of hydrogen-bond donors (Lipinski definition) is 2. The zero-order valence-electron chi connectivity index (χ0n) is 11.0. The molecule has 2 aromatic rings. The van der Waals surface area contributed by atoms with Crippen molar-refractivity contribution in [2.24, 2.45) is 0 Å². The molecular formula is C13H17N3O2S. The van der Waals surface area contributed by atoms with Crippen molar-refractivity contribution in [3.63, 3.8) is 0 Å². The summed E-state index contributed by atoms with van der Waals surface area (Å²) in [6, 6.07) is 5.64. The van der Waals surface area contributed by atoms with Crippen molar-refractivity contribution in [3.8, 4) is 22.8 Å². The molecule has 2 rings (SSSR count).